The van der Waals surface area contributed by atoms with Gasteiger partial charge in [-0.25, -0.2) is 9.48 Å². The molecule has 1 N–H and O–H groups in total. The molecule has 0 saturated carbocycles. The highest BCUT2D eigenvalue weighted by atomic mass is 16.5. The van der Waals surface area contributed by atoms with Crippen molar-refractivity contribution in [1.82, 2.24) is 20.0 Å². The Kier molecular flexibility index (Phi) is 4.82. The van der Waals surface area contributed by atoms with Crippen LogP contribution in [0.2, 0.25) is 0 Å². The first-order chi connectivity index (χ1) is 13.6. The quantitative estimate of drug-likeness (QED) is 0.753. The maximum Gasteiger partial charge on any atom is 0.331 e. The molecule has 0 atom stereocenters. The van der Waals surface area contributed by atoms with E-state index in [9.17, 15) is 9.59 Å². The molecule has 3 heterocycles. The first-order valence-electron chi connectivity index (χ1n) is 9.14. The molecule has 2 aromatic rings. The summed E-state index contributed by atoms with van der Waals surface area (Å²) in [5.74, 6) is 0.926. The summed E-state index contributed by atoms with van der Waals surface area (Å²) in [6, 6.07) is 7.57. The Bertz CT molecular complexity index is 934. The molecular formula is C19H22N6O3. The predicted molar refractivity (Wildman–Crippen MR) is 104 cm³/mol. The van der Waals surface area contributed by atoms with Crippen LogP contribution >= 0.6 is 0 Å². The number of urea groups is 1. The van der Waals surface area contributed by atoms with E-state index in [2.05, 4.69) is 15.4 Å². The zero-order chi connectivity index (χ0) is 19.7. The number of aromatic nitrogens is 2. The third kappa shape index (κ3) is 3.13. The first kappa shape index (κ1) is 18.2. The number of fused-ring (bicyclic) bond motifs is 3. The lowest BCUT2D eigenvalue weighted by molar-refractivity contribution is -0.119. The van der Waals surface area contributed by atoms with Crippen LogP contribution in [-0.2, 0) is 9.53 Å². The lowest BCUT2D eigenvalue weighted by Crippen LogP contribution is -2.53. The average Bonchev–Trinajstić information content (AvgIpc) is 3.33. The molecule has 1 aromatic heterocycles. The molecule has 2 aliphatic heterocycles. The van der Waals surface area contributed by atoms with Crippen molar-refractivity contribution in [3.05, 3.63) is 41.6 Å². The number of rotatable bonds is 6. The summed E-state index contributed by atoms with van der Waals surface area (Å²) in [5, 5.41) is 7.25. The van der Waals surface area contributed by atoms with Gasteiger partial charge in [0.1, 0.15) is 12.4 Å². The van der Waals surface area contributed by atoms with Crippen LogP contribution in [-0.4, -0.2) is 72.4 Å². The number of amidine groups is 1. The van der Waals surface area contributed by atoms with Crippen LogP contribution in [0.3, 0.4) is 0 Å². The van der Waals surface area contributed by atoms with Crippen molar-refractivity contribution in [3.8, 4) is 5.69 Å². The number of nitrogens with one attached hydrogen (secondary N) is 1. The molecule has 2 aliphatic rings. The fourth-order valence-corrected chi connectivity index (χ4v) is 3.37. The van der Waals surface area contributed by atoms with E-state index in [-0.39, 0.29) is 18.5 Å². The Hall–Kier alpha value is -3.20. The predicted octanol–water partition coefficient (Wildman–Crippen LogP) is 0.946. The number of carbonyl (C=O) groups excluding carboxylic acids is 2. The van der Waals surface area contributed by atoms with Gasteiger partial charge >= 0.3 is 6.03 Å². The Morgan fingerprint density at radius 1 is 1.29 bits per heavy atom. The molecule has 1 aromatic carbocycles. The van der Waals surface area contributed by atoms with Crippen LogP contribution in [0.15, 0.2) is 35.5 Å². The highest BCUT2D eigenvalue weighted by Crippen LogP contribution is 2.32. The standard InChI is InChI=1S/C19H22N6O3/c1-13-3-5-14(6-4-13)25-18-15(11-22-25)17-21-7-9-23(17)19(27)24(18)12-16(26)20-8-10-28-2/h3-6,11H,7-10,12H2,1-2H3,(H,20,26). The van der Waals surface area contributed by atoms with E-state index in [1.54, 1.807) is 22.9 Å². The van der Waals surface area contributed by atoms with E-state index in [0.29, 0.717) is 37.9 Å². The van der Waals surface area contributed by atoms with E-state index in [1.807, 2.05) is 31.2 Å². The highest BCUT2D eigenvalue weighted by molar-refractivity contribution is 6.20. The van der Waals surface area contributed by atoms with Gasteiger partial charge in [-0.1, -0.05) is 17.7 Å². The molecule has 0 saturated heterocycles. The van der Waals surface area contributed by atoms with Gasteiger partial charge in [0.15, 0.2) is 5.82 Å². The monoisotopic (exact) mass is 382 g/mol. The highest BCUT2D eigenvalue weighted by Gasteiger charge is 2.41. The van der Waals surface area contributed by atoms with Crippen LogP contribution in [0.25, 0.3) is 5.69 Å². The molecule has 0 spiro atoms. The smallest absolute Gasteiger partial charge is 0.331 e. The summed E-state index contributed by atoms with van der Waals surface area (Å²) < 4.78 is 6.64. The van der Waals surface area contributed by atoms with Gasteiger partial charge < -0.3 is 10.1 Å². The summed E-state index contributed by atoms with van der Waals surface area (Å²) in [4.78, 5) is 33.0. The van der Waals surface area contributed by atoms with Gasteiger partial charge in [-0.15, -0.1) is 0 Å². The molecule has 0 fully saturated rings. The topological polar surface area (TPSA) is 92.1 Å². The maximum atomic E-state index is 13.1. The Labute approximate surface area is 162 Å². The van der Waals surface area contributed by atoms with Crippen molar-refractivity contribution >= 4 is 23.6 Å². The molecule has 28 heavy (non-hydrogen) atoms. The zero-order valence-electron chi connectivity index (χ0n) is 15.9. The van der Waals surface area contributed by atoms with Crippen LogP contribution < -0.4 is 10.2 Å². The van der Waals surface area contributed by atoms with Crippen LogP contribution in [0.5, 0.6) is 0 Å². The number of nitrogens with zero attached hydrogens (tertiary/aromatic N) is 5. The van der Waals surface area contributed by atoms with Gasteiger partial charge in [-0.3, -0.25) is 19.6 Å². The number of aryl methyl sites for hydroxylation is 1. The first-order valence-corrected chi connectivity index (χ1v) is 9.14. The zero-order valence-corrected chi connectivity index (χ0v) is 15.9. The molecule has 9 heteroatoms. The molecule has 3 amide bonds. The number of anilines is 1. The molecule has 146 valence electrons. The maximum absolute atomic E-state index is 13.1. The van der Waals surface area contributed by atoms with E-state index in [0.717, 1.165) is 16.8 Å². The number of amides is 3. The lowest BCUT2D eigenvalue weighted by atomic mass is 10.2. The SMILES string of the molecule is COCCNC(=O)CN1C(=O)N2CCN=C2c2cnn(-c3ccc(C)cc3)c21. The van der Waals surface area contributed by atoms with E-state index in [4.69, 9.17) is 4.74 Å². The van der Waals surface area contributed by atoms with Crippen molar-refractivity contribution in [2.45, 2.75) is 6.92 Å². The Balaban J connectivity index is 1.72. The number of methoxy groups -OCH3 is 1. The summed E-state index contributed by atoms with van der Waals surface area (Å²) in [6.45, 7) is 3.76. The van der Waals surface area contributed by atoms with Gasteiger partial charge in [-0.2, -0.15) is 5.10 Å². The molecule has 0 bridgehead atoms. The minimum absolute atomic E-state index is 0.100. The van der Waals surface area contributed by atoms with Gasteiger partial charge in [0.25, 0.3) is 0 Å². The number of aliphatic imine (C=N–C) groups is 1. The van der Waals surface area contributed by atoms with Crippen molar-refractivity contribution in [2.75, 3.05) is 44.8 Å². The van der Waals surface area contributed by atoms with Gasteiger partial charge in [0.2, 0.25) is 5.91 Å². The van der Waals surface area contributed by atoms with Crippen molar-refractivity contribution in [2.24, 2.45) is 4.99 Å². The van der Waals surface area contributed by atoms with Crippen LogP contribution in [0.4, 0.5) is 10.6 Å². The average molecular weight is 382 g/mol. The van der Waals surface area contributed by atoms with Crippen LogP contribution in [0.1, 0.15) is 11.1 Å². The molecule has 0 aliphatic carbocycles. The van der Waals surface area contributed by atoms with Gasteiger partial charge in [0.05, 0.1) is 30.6 Å². The normalized spacial score (nSPS) is 15.4. The third-order valence-corrected chi connectivity index (χ3v) is 4.75. The molecule has 4 rings (SSSR count). The second kappa shape index (κ2) is 7.43. The molecular weight excluding hydrogens is 360 g/mol. The largest absolute Gasteiger partial charge is 0.383 e. The van der Waals surface area contributed by atoms with Crippen molar-refractivity contribution in [3.63, 3.8) is 0 Å². The molecule has 9 nitrogen and oxygen atoms in total. The van der Waals surface area contributed by atoms with E-state index < -0.39 is 0 Å². The minimum atomic E-state index is -0.264. The van der Waals surface area contributed by atoms with Crippen molar-refractivity contribution < 1.29 is 14.3 Å². The second-order valence-electron chi connectivity index (χ2n) is 6.70. The molecule has 0 unspecified atom stereocenters. The molecule has 0 radical (unpaired) electrons. The number of hydrogen-bond donors (Lipinski definition) is 1. The lowest BCUT2D eigenvalue weighted by Gasteiger charge is -2.33. The van der Waals surface area contributed by atoms with Crippen molar-refractivity contribution in [1.29, 1.82) is 0 Å². The number of hydrogen-bond acceptors (Lipinski definition) is 5. The van der Waals surface area contributed by atoms with Crippen LogP contribution in [0, 0.1) is 6.92 Å². The number of ether oxygens (including phenoxy) is 1. The van der Waals surface area contributed by atoms with Gasteiger partial charge in [-0.05, 0) is 19.1 Å². The summed E-state index contributed by atoms with van der Waals surface area (Å²) in [5.41, 5.74) is 2.69. The fourth-order valence-electron chi connectivity index (χ4n) is 3.37. The second-order valence-corrected chi connectivity index (χ2v) is 6.70. The van der Waals surface area contributed by atoms with Gasteiger partial charge in [0, 0.05) is 20.2 Å². The summed E-state index contributed by atoms with van der Waals surface area (Å²) in [7, 11) is 1.57. The fraction of sp³-hybridized carbons (Fsp3) is 0.368. The third-order valence-electron chi connectivity index (χ3n) is 4.75. The number of carbonyl (C=O) groups is 2. The van der Waals surface area contributed by atoms with E-state index >= 15 is 0 Å². The van der Waals surface area contributed by atoms with E-state index in [1.165, 1.54) is 4.90 Å². The summed E-state index contributed by atoms with van der Waals surface area (Å²) >= 11 is 0. The Morgan fingerprint density at radius 3 is 2.82 bits per heavy atom. The Morgan fingerprint density at radius 2 is 2.07 bits per heavy atom. The number of benzene rings is 1. The minimum Gasteiger partial charge on any atom is -0.383 e. The summed E-state index contributed by atoms with van der Waals surface area (Å²) in [6.07, 6.45) is 1.70.